The van der Waals surface area contributed by atoms with Gasteiger partial charge in [-0.15, -0.1) is 0 Å². The number of aliphatic carboxylic acids is 3. The molecule has 0 radical (unpaired) electrons. The van der Waals surface area contributed by atoms with Crippen molar-refractivity contribution in [2.45, 2.75) is 177 Å². The Morgan fingerprint density at radius 3 is 1.32 bits per heavy atom. The van der Waals surface area contributed by atoms with Gasteiger partial charge >= 0.3 is 17.9 Å². The van der Waals surface area contributed by atoms with Gasteiger partial charge in [-0.3, -0.25) is 67.3 Å². The van der Waals surface area contributed by atoms with E-state index in [9.17, 15) is 82.4 Å². The second kappa shape index (κ2) is 32.9. The van der Waals surface area contributed by atoms with Crippen LogP contribution in [-0.2, 0) is 67.1 Å². The lowest BCUT2D eigenvalue weighted by Gasteiger charge is -2.33. The van der Waals surface area contributed by atoms with Gasteiger partial charge < -0.3 is 95.7 Å². The SMILES string of the molecule is CC(C)[C@H](NC(=O)[C@@H]1CCCN1C(=O)[C@H](CCC(=O)O)NC(=O)[C@@H]1CCCN1C(=O)[C@H](CO)NC(=O)[C@@H]1CCCN1C(=O)[C@H](CCC(N)=O)NC(=O)[C@@H](N)CCCN=C(N)N)C(=O)N[C@@H](CCC(N)=O)C(=O)N[C@@H](CCC(=O)O)C(=O)O. The largest absolute Gasteiger partial charge is 0.481 e. The lowest BCUT2D eigenvalue weighted by atomic mass is 10.0. The molecule has 458 valence electrons. The first kappa shape index (κ1) is 68.0. The van der Waals surface area contributed by atoms with Gasteiger partial charge in [0.15, 0.2) is 5.96 Å². The first-order chi connectivity index (χ1) is 38.6. The molecule has 0 aromatic heterocycles. The number of carboxylic acid groups (broad SMARTS) is 3. The zero-order chi connectivity index (χ0) is 61.5. The highest BCUT2D eigenvalue weighted by Crippen LogP contribution is 2.24. The minimum atomic E-state index is -1.69. The second-order valence-electron chi connectivity index (χ2n) is 20.6. The Labute approximate surface area is 471 Å². The summed E-state index contributed by atoms with van der Waals surface area (Å²) in [6.45, 7) is 2.17. The number of hydrogen-bond donors (Lipinski definition) is 15. The molecular formula is C49H79N15O18. The fourth-order valence-electron chi connectivity index (χ4n) is 9.63. The standard InChI is InChI=1S/C49H79N15O18/c1-24(2)38(44(77)56-26(11-15-34(51)66)40(73)59-29(48(81)82)14-18-37(70)71)61-43(76)33-10-6-21-63(33)46(79)28(13-17-36(68)69)58-41(74)31-8-5-22-64(31)47(80)30(23-65)60-42(75)32-9-4-20-62(32)45(78)27(12-16-35(52)67)57-39(72)25(50)7-3-19-55-49(53)54/h24-33,38,65H,3-23,50H2,1-2H3,(H2,51,66)(H2,52,67)(H,56,77)(H,57,72)(H,58,74)(H,59,73)(H,60,75)(H,61,76)(H,68,69)(H,70,71)(H,81,82)(H4,53,54,55)/t25-,26-,27-,28-,29-,30-,31-,32-,33-,38-/m0/s1. The maximum atomic E-state index is 14.3. The second-order valence-corrected chi connectivity index (χ2v) is 20.6. The fraction of sp³-hybridized carbons (Fsp3) is 0.694. The third-order valence-electron chi connectivity index (χ3n) is 14.0. The minimum absolute atomic E-state index is 0.0239. The highest BCUT2D eigenvalue weighted by atomic mass is 16.4. The van der Waals surface area contributed by atoms with E-state index in [1.165, 1.54) is 13.8 Å². The number of carboxylic acids is 3. The van der Waals surface area contributed by atoms with Crippen LogP contribution in [0.4, 0.5) is 0 Å². The molecule has 3 fully saturated rings. The maximum absolute atomic E-state index is 14.3. The summed E-state index contributed by atoms with van der Waals surface area (Å²) in [7, 11) is 0. The normalized spacial score (nSPS) is 19.2. The summed E-state index contributed by atoms with van der Waals surface area (Å²) in [4.78, 5) is 190. The summed E-state index contributed by atoms with van der Waals surface area (Å²) in [6, 6.07) is -14.2. The molecule has 20 N–H and O–H groups in total. The van der Waals surface area contributed by atoms with Crippen LogP contribution in [0.1, 0.15) is 117 Å². The Morgan fingerprint density at radius 1 is 0.500 bits per heavy atom. The van der Waals surface area contributed by atoms with Gasteiger partial charge in [-0.25, -0.2) is 4.79 Å². The van der Waals surface area contributed by atoms with Gasteiger partial charge in [0.25, 0.3) is 0 Å². The van der Waals surface area contributed by atoms with Crippen LogP contribution in [0.15, 0.2) is 4.99 Å². The zero-order valence-corrected chi connectivity index (χ0v) is 45.9. The van der Waals surface area contributed by atoms with E-state index in [1.54, 1.807) is 0 Å². The number of nitrogens with zero attached hydrogens (tertiary/aromatic N) is 4. The van der Waals surface area contributed by atoms with Crippen LogP contribution in [0, 0.1) is 5.92 Å². The van der Waals surface area contributed by atoms with Gasteiger partial charge in [0.1, 0.15) is 54.4 Å². The number of nitrogens with two attached hydrogens (primary N) is 5. The van der Waals surface area contributed by atoms with Crippen molar-refractivity contribution in [2.24, 2.45) is 39.6 Å². The molecule has 82 heavy (non-hydrogen) atoms. The van der Waals surface area contributed by atoms with Crippen molar-refractivity contribution < 1.29 is 87.5 Å². The summed E-state index contributed by atoms with van der Waals surface area (Å²) >= 11 is 0. The van der Waals surface area contributed by atoms with E-state index in [-0.39, 0.29) is 83.5 Å². The molecule has 3 aliphatic heterocycles. The Bertz CT molecular complexity index is 2410. The molecule has 3 saturated heterocycles. The molecule has 0 aliphatic carbocycles. The number of amides is 11. The van der Waals surface area contributed by atoms with E-state index in [4.69, 9.17) is 33.8 Å². The number of aliphatic hydroxyl groups excluding tert-OH is 1. The predicted molar refractivity (Wildman–Crippen MR) is 284 cm³/mol. The summed E-state index contributed by atoms with van der Waals surface area (Å²) in [5.74, 6) is -14.8. The van der Waals surface area contributed by atoms with Crippen molar-refractivity contribution in [3.05, 3.63) is 0 Å². The molecule has 0 aromatic carbocycles. The number of carbonyl (C=O) groups excluding carboxylic acids is 11. The van der Waals surface area contributed by atoms with E-state index in [2.05, 4.69) is 36.9 Å². The first-order valence-corrected chi connectivity index (χ1v) is 27.0. The number of primary amides is 2. The van der Waals surface area contributed by atoms with Crippen molar-refractivity contribution in [2.75, 3.05) is 32.8 Å². The minimum Gasteiger partial charge on any atom is -0.481 e. The molecule has 33 nitrogen and oxygen atoms in total. The molecule has 33 heteroatoms. The Morgan fingerprint density at radius 2 is 0.890 bits per heavy atom. The van der Waals surface area contributed by atoms with Crippen LogP contribution in [0.25, 0.3) is 0 Å². The van der Waals surface area contributed by atoms with Gasteiger partial charge in [-0.05, 0) is 83.0 Å². The predicted octanol–water partition coefficient (Wildman–Crippen LogP) is -6.76. The van der Waals surface area contributed by atoms with E-state index in [0.717, 1.165) is 14.7 Å². The quantitative estimate of drug-likeness (QED) is 0.0162. The lowest BCUT2D eigenvalue weighted by Crippen LogP contribution is -2.61. The van der Waals surface area contributed by atoms with Crippen molar-refractivity contribution in [1.82, 2.24) is 46.6 Å². The molecule has 3 aliphatic rings. The lowest BCUT2D eigenvalue weighted by molar-refractivity contribution is -0.146. The number of nitrogens with one attached hydrogen (secondary N) is 6. The van der Waals surface area contributed by atoms with Crippen molar-refractivity contribution >= 4 is 88.8 Å². The van der Waals surface area contributed by atoms with Gasteiger partial charge in [0, 0.05) is 51.9 Å². The number of carbonyl (C=O) groups is 14. The third-order valence-corrected chi connectivity index (χ3v) is 14.0. The first-order valence-electron chi connectivity index (χ1n) is 27.0. The summed E-state index contributed by atoms with van der Waals surface area (Å²) < 4.78 is 0. The van der Waals surface area contributed by atoms with Gasteiger partial charge in [0.05, 0.1) is 12.6 Å². The Kier molecular flexibility index (Phi) is 27.3. The van der Waals surface area contributed by atoms with Gasteiger partial charge in [0.2, 0.25) is 65.0 Å². The van der Waals surface area contributed by atoms with Gasteiger partial charge in [-0.2, -0.15) is 0 Å². The van der Waals surface area contributed by atoms with E-state index >= 15 is 0 Å². The number of guanidine groups is 1. The van der Waals surface area contributed by atoms with Crippen LogP contribution < -0.4 is 60.6 Å². The van der Waals surface area contributed by atoms with E-state index in [0.29, 0.717) is 12.8 Å². The summed E-state index contributed by atoms with van der Waals surface area (Å²) in [5.41, 5.74) is 27.3. The number of aliphatic hydroxyl groups is 1. The zero-order valence-electron chi connectivity index (χ0n) is 45.9. The maximum Gasteiger partial charge on any atom is 0.326 e. The van der Waals surface area contributed by atoms with Crippen LogP contribution in [0.5, 0.6) is 0 Å². The van der Waals surface area contributed by atoms with E-state index in [1.807, 2.05) is 0 Å². The molecule has 3 rings (SSSR count). The number of aliphatic imine (C=N–C) groups is 1. The Balaban J connectivity index is 1.76. The molecule has 0 saturated carbocycles. The van der Waals surface area contributed by atoms with Crippen LogP contribution in [0.2, 0.25) is 0 Å². The highest BCUT2D eigenvalue weighted by Gasteiger charge is 2.44. The molecule has 0 spiro atoms. The molecular weight excluding hydrogens is 1090 g/mol. The average molecular weight is 1170 g/mol. The monoisotopic (exact) mass is 1170 g/mol. The third kappa shape index (κ3) is 21.0. The highest BCUT2D eigenvalue weighted by molar-refractivity contribution is 5.99. The summed E-state index contributed by atoms with van der Waals surface area (Å²) in [5, 5.41) is 53.3. The van der Waals surface area contributed by atoms with Gasteiger partial charge in [-0.1, -0.05) is 13.8 Å². The molecule has 0 aromatic rings. The van der Waals surface area contributed by atoms with Crippen molar-refractivity contribution in [3.8, 4) is 0 Å². The summed E-state index contributed by atoms with van der Waals surface area (Å²) in [6.07, 6.45) is -2.35. The van der Waals surface area contributed by atoms with Crippen LogP contribution in [0.3, 0.4) is 0 Å². The van der Waals surface area contributed by atoms with Crippen LogP contribution in [-0.4, -0.2) is 217 Å². The fourth-order valence-corrected chi connectivity index (χ4v) is 9.63. The average Bonchev–Trinajstić information content (AvgIpc) is 4.31. The molecule has 3 heterocycles. The van der Waals surface area contributed by atoms with Crippen molar-refractivity contribution in [1.29, 1.82) is 0 Å². The molecule has 10 atom stereocenters. The smallest absolute Gasteiger partial charge is 0.326 e. The van der Waals surface area contributed by atoms with Crippen LogP contribution >= 0.6 is 0 Å². The molecule has 0 bridgehead atoms. The Hall–Kier alpha value is -8.23. The van der Waals surface area contributed by atoms with Crippen molar-refractivity contribution in [3.63, 3.8) is 0 Å². The number of rotatable bonds is 34. The number of likely N-dealkylation sites (tertiary alicyclic amines) is 3. The number of hydrogen-bond acceptors (Lipinski definition) is 17. The molecule has 11 amide bonds. The topological polar surface area (TPSA) is 544 Å². The van der Waals surface area contributed by atoms with E-state index < -0.39 is 194 Å². The molecule has 0 unspecified atom stereocenters.